The Hall–Kier alpha value is -3.93. The maximum atomic E-state index is 12.8. The number of ether oxygens (including phenoxy) is 1. The van der Waals surface area contributed by atoms with Crippen molar-refractivity contribution in [3.63, 3.8) is 0 Å². The number of aromatic nitrogens is 2. The number of nitrogens with one attached hydrogen (secondary N) is 1. The van der Waals surface area contributed by atoms with Crippen LogP contribution in [0.15, 0.2) is 83.4 Å². The van der Waals surface area contributed by atoms with Crippen molar-refractivity contribution in [2.45, 2.75) is 32.2 Å². The van der Waals surface area contributed by atoms with Crippen LogP contribution >= 0.6 is 0 Å². The Balaban J connectivity index is 1.42. The van der Waals surface area contributed by atoms with Crippen LogP contribution in [0, 0.1) is 0 Å². The van der Waals surface area contributed by atoms with Crippen LogP contribution in [0.25, 0.3) is 11.4 Å². The van der Waals surface area contributed by atoms with Gasteiger partial charge in [-0.05, 0) is 35.2 Å². The highest BCUT2D eigenvalue weighted by molar-refractivity contribution is 5.77. The van der Waals surface area contributed by atoms with Crippen molar-refractivity contribution >= 4 is 5.91 Å². The van der Waals surface area contributed by atoms with Gasteiger partial charge in [0.25, 0.3) is 0 Å². The van der Waals surface area contributed by atoms with Gasteiger partial charge in [0.2, 0.25) is 17.6 Å². The van der Waals surface area contributed by atoms with Crippen molar-refractivity contribution in [3.05, 3.63) is 101 Å². The highest BCUT2D eigenvalue weighted by atomic mass is 16.5. The summed E-state index contributed by atoms with van der Waals surface area (Å²) in [6.07, 6.45) is 1.60. The minimum atomic E-state index is -0.264. The molecule has 0 saturated heterocycles. The average Bonchev–Trinajstić information content (AvgIpc) is 3.36. The fourth-order valence-corrected chi connectivity index (χ4v) is 3.62. The summed E-state index contributed by atoms with van der Waals surface area (Å²) in [4.78, 5) is 17.3. The predicted octanol–water partition coefficient (Wildman–Crippen LogP) is 5.15. The second-order valence-electron chi connectivity index (χ2n) is 7.75. The summed E-state index contributed by atoms with van der Waals surface area (Å²) in [6.45, 7) is 2.11. The lowest BCUT2D eigenvalue weighted by molar-refractivity contribution is -0.121. The van der Waals surface area contributed by atoms with E-state index in [0.29, 0.717) is 18.1 Å². The molecule has 0 bridgehead atoms. The van der Waals surface area contributed by atoms with E-state index < -0.39 is 0 Å². The minimum Gasteiger partial charge on any atom is -0.497 e. The molecule has 4 aromatic rings. The van der Waals surface area contributed by atoms with Gasteiger partial charge in [-0.3, -0.25) is 4.79 Å². The average molecular weight is 442 g/mol. The standard InChI is InChI=1S/C27H27N3O3/c1-3-19-9-11-22(12-10-19)27-29-25(33-30-27)18-17-24(31)28-26(20-7-5-4-6-8-20)21-13-15-23(32-2)16-14-21/h4-16,26H,3,17-18H2,1-2H3,(H,28,31). The molecule has 0 spiro atoms. The number of methoxy groups -OCH3 is 1. The van der Waals surface area contributed by atoms with Crippen molar-refractivity contribution in [1.29, 1.82) is 0 Å². The first-order valence-corrected chi connectivity index (χ1v) is 11.1. The van der Waals surface area contributed by atoms with E-state index in [1.807, 2.05) is 66.7 Å². The summed E-state index contributed by atoms with van der Waals surface area (Å²) in [5.74, 6) is 1.66. The third-order valence-electron chi connectivity index (χ3n) is 5.54. The van der Waals surface area contributed by atoms with Gasteiger partial charge in [-0.25, -0.2) is 0 Å². The molecular weight excluding hydrogens is 414 g/mol. The first kappa shape index (κ1) is 22.3. The summed E-state index contributed by atoms with van der Waals surface area (Å²) < 4.78 is 10.6. The van der Waals surface area contributed by atoms with Gasteiger partial charge < -0.3 is 14.6 Å². The molecule has 0 aliphatic rings. The Kier molecular flexibility index (Phi) is 7.15. The van der Waals surface area contributed by atoms with E-state index in [1.165, 1.54) is 5.56 Å². The zero-order valence-electron chi connectivity index (χ0n) is 18.8. The molecule has 4 rings (SSSR count). The van der Waals surface area contributed by atoms with Crippen molar-refractivity contribution in [2.75, 3.05) is 7.11 Å². The molecule has 0 aliphatic heterocycles. The first-order chi connectivity index (χ1) is 16.2. The number of carbonyl (C=O) groups is 1. The molecule has 1 amide bonds. The molecular formula is C27H27N3O3. The Labute approximate surface area is 193 Å². The number of nitrogens with zero attached hydrogens (tertiary/aromatic N) is 2. The van der Waals surface area contributed by atoms with Gasteiger partial charge >= 0.3 is 0 Å². The summed E-state index contributed by atoms with van der Waals surface area (Å²) in [5, 5.41) is 7.20. The monoisotopic (exact) mass is 441 g/mol. The van der Waals surface area contributed by atoms with Gasteiger partial charge in [0.1, 0.15) is 5.75 Å². The third-order valence-corrected chi connectivity index (χ3v) is 5.54. The Morgan fingerprint density at radius 3 is 2.33 bits per heavy atom. The zero-order valence-corrected chi connectivity index (χ0v) is 18.8. The van der Waals surface area contributed by atoms with Crippen LogP contribution in [0.5, 0.6) is 5.75 Å². The van der Waals surface area contributed by atoms with Crippen LogP contribution in [0.2, 0.25) is 0 Å². The molecule has 168 valence electrons. The molecule has 0 saturated carbocycles. The first-order valence-electron chi connectivity index (χ1n) is 11.1. The highest BCUT2D eigenvalue weighted by Crippen LogP contribution is 2.24. The summed E-state index contributed by atoms with van der Waals surface area (Å²) in [5.41, 5.74) is 4.14. The Bertz CT molecular complexity index is 1170. The number of aryl methyl sites for hydroxylation is 2. The molecule has 0 radical (unpaired) electrons. The van der Waals surface area contributed by atoms with E-state index in [0.717, 1.165) is 28.9 Å². The third kappa shape index (κ3) is 5.66. The number of hydrogen-bond acceptors (Lipinski definition) is 5. The number of carbonyl (C=O) groups excluding carboxylic acids is 1. The van der Waals surface area contributed by atoms with Gasteiger partial charge in [0.15, 0.2) is 0 Å². The van der Waals surface area contributed by atoms with E-state index in [2.05, 4.69) is 34.5 Å². The number of amides is 1. The van der Waals surface area contributed by atoms with Crippen LogP contribution in [-0.4, -0.2) is 23.2 Å². The number of hydrogen-bond donors (Lipinski definition) is 1. The SMILES string of the molecule is CCc1ccc(-c2noc(CCC(=O)NC(c3ccccc3)c3ccc(OC)cc3)n2)cc1. The van der Waals surface area contributed by atoms with Crippen molar-refractivity contribution in [2.24, 2.45) is 0 Å². The molecule has 1 unspecified atom stereocenters. The summed E-state index contributed by atoms with van der Waals surface area (Å²) in [6, 6.07) is 25.4. The van der Waals surface area contributed by atoms with Gasteiger partial charge in [0, 0.05) is 18.4 Å². The molecule has 1 heterocycles. The largest absolute Gasteiger partial charge is 0.497 e. The van der Waals surface area contributed by atoms with Gasteiger partial charge in [-0.2, -0.15) is 4.98 Å². The fraction of sp³-hybridized carbons (Fsp3) is 0.222. The van der Waals surface area contributed by atoms with Crippen LogP contribution in [0.1, 0.15) is 42.0 Å². The molecule has 0 aliphatic carbocycles. The van der Waals surface area contributed by atoms with Crippen molar-refractivity contribution in [3.8, 4) is 17.1 Å². The molecule has 1 N–H and O–H groups in total. The topological polar surface area (TPSA) is 77.2 Å². The lowest BCUT2D eigenvalue weighted by Crippen LogP contribution is -2.29. The molecule has 1 atom stereocenters. The van der Waals surface area contributed by atoms with E-state index in [1.54, 1.807) is 7.11 Å². The summed E-state index contributed by atoms with van der Waals surface area (Å²) in [7, 11) is 1.63. The van der Waals surface area contributed by atoms with Gasteiger partial charge in [0.05, 0.1) is 13.2 Å². The second-order valence-corrected chi connectivity index (χ2v) is 7.75. The predicted molar refractivity (Wildman–Crippen MR) is 127 cm³/mol. The maximum Gasteiger partial charge on any atom is 0.227 e. The van der Waals surface area contributed by atoms with Gasteiger partial charge in [-0.15, -0.1) is 0 Å². The van der Waals surface area contributed by atoms with E-state index >= 15 is 0 Å². The van der Waals surface area contributed by atoms with Crippen LogP contribution in [-0.2, 0) is 17.6 Å². The molecule has 6 heteroatoms. The zero-order chi connectivity index (χ0) is 23.0. The molecule has 1 aromatic heterocycles. The lowest BCUT2D eigenvalue weighted by Gasteiger charge is -2.20. The second kappa shape index (κ2) is 10.6. The van der Waals surface area contributed by atoms with Crippen molar-refractivity contribution < 1.29 is 14.1 Å². The van der Waals surface area contributed by atoms with E-state index in [4.69, 9.17) is 9.26 Å². The maximum absolute atomic E-state index is 12.8. The number of benzene rings is 3. The van der Waals surface area contributed by atoms with Crippen LogP contribution in [0.4, 0.5) is 0 Å². The molecule has 0 fully saturated rings. The number of rotatable bonds is 9. The Morgan fingerprint density at radius 2 is 1.67 bits per heavy atom. The fourth-order valence-electron chi connectivity index (χ4n) is 3.62. The summed E-state index contributed by atoms with van der Waals surface area (Å²) >= 11 is 0. The minimum absolute atomic E-state index is 0.0910. The highest BCUT2D eigenvalue weighted by Gasteiger charge is 2.18. The quantitative estimate of drug-likeness (QED) is 0.389. The Morgan fingerprint density at radius 1 is 0.970 bits per heavy atom. The van der Waals surface area contributed by atoms with Crippen molar-refractivity contribution in [1.82, 2.24) is 15.5 Å². The normalized spacial score (nSPS) is 11.7. The lowest BCUT2D eigenvalue weighted by atomic mass is 9.98. The van der Waals surface area contributed by atoms with Crippen LogP contribution < -0.4 is 10.1 Å². The molecule has 3 aromatic carbocycles. The van der Waals surface area contributed by atoms with Gasteiger partial charge in [-0.1, -0.05) is 78.8 Å². The van der Waals surface area contributed by atoms with Crippen LogP contribution in [0.3, 0.4) is 0 Å². The molecule has 6 nitrogen and oxygen atoms in total. The molecule has 33 heavy (non-hydrogen) atoms. The van der Waals surface area contributed by atoms with E-state index in [9.17, 15) is 4.79 Å². The van der Waals surface area contributed by atoms with E-state index in [-0.39, 0.29) is 18.4 Å². The smallest absolute Gasteiger partial charge is 0.227 e.